The summed E-state index contributed by atoms with van der Waals surface area (Å²) >= 11 is 33.9. The van der Waals surface area contributed by atoms with Crippen molar-refractivity contribution in [2.45, 2.75) is 137 Å². The zero-order chi connectivity index (χ0) is 56.9. The molecule has 1 aliphatic heterocycles. The molecule has 0 atom stereocenters. The summed E-state index contributed by atoms with van der Waals surface area (Å²) in [5, 5.41) is 12.1. The highest BCUT2D eigenvalue weighted by Gasteiger charge is 2.52. The second-order valence-electron chi connectivity index (χ2n) is 20.3. The first-order valence-electron chi connectivity index (χ1n) is 24.0. The van der Waals surface area contributed by atoms with Crippen LogP contribution >= 0.6 is 81.5 Å². The summed E-state index contributed by atoms with van der Waals surface area (Å²) in [6.45, 7) is 19.2. The molecule has 1 aliphatic rings. The molecule has 0 N–H and O–H groups in total. The Morgan fingerprint density at radius 2 is 1.01 bits per heavy atom. The number of ether oxygens (including phenoxy) is 2. The molecule has 7 heterocycles. The van der Waals surface area contributed by atoms with Gasteiger partial charge in [-0.1, -0.05) is 116 Å². The molecule has 2 amide bonds. The minimum absolute atomic E-state index is 0. The number of hydrogen-bond acceptors (Lipinski definition) is 16. The van der Waals surface area contributed by atoms with Crippen LogP contribution in [0.25, 0.3) is 22.6 Å². The van der Waals surface area contributed by atoms with Gasteiger partial charge in [0.15, 0.2) is 21.6 Å². The Hall–Kier alpha value is -5.49. The van der Waals surface area contributed by atoms with Gasteiger partial charge in [0, 0.05) is 80.2 Å². The number of halogens is 5. The van der Waals surface area contributed by atoms with Gasteiger partial charge in [-0.25, -0.2) is 39.5 Å². The van der Waals surface area contributed by atoms with E-state index in [4.69, 9.17) is 76.8 Å². The molecule has 6 aromatic heterocycles. The van der Waals surface area contributed by atoms with Gasteiger partial charge in [0.1, 0.15) is 28.0 Å². The number of nitrogens with zero attached hydrogens (tertiary/aromatic N) is 12. The van der Waals surface area contributed by atoms with Crippen molar-refractivity contribution in [3.05, 3.63) is 134 Å². The van der Waals surface area contributed by atoms with Crippen LogP contribution in [0.5, 0.6) is 0 Å². The predicted octanol–water partition coefficient (Wildman–Crippen LogP) is 15.2. The van der Waals surface area contributed by atoms with E-state index in [1.54, 1.807) is 123 Å². The van der Waals surface area contributed by atoms with Crippen molar-refractivity contribution in [1.82, 2.24) is 49.1 Å². The lowest BCUT2D eigenvalue weighted by molar-refractivity contribution is 0.00578. The zero-order valence-electron chi connectivity index (χ0n) is 44.8. The molecule has 2 aromatic carbocycles. The summed E-state index contributed by atoms with van der Waals surface area (Å²) in [5.74, 6) is 0.870. The standard InChI is InChI=1S/C23H22Cl2N6O2S.C18H17Cl3N4O2.C11H17BN2O2S.3CH4/c1-23(2,3)33-22(32)30(13-14-5-6-16(24)9-17(14)25)20-10-18(29-19-7-8-28-31(19)20)15-11-26-21(34-4)27-12-15;1-18(2,3)27-17(26)24(10-11-4-5-12(19)8-13(11)20)16-9-14(21)23-15-6-7-22-25(15)16;1-10(2)11(3,4)16-12(15-10)8-6-13-9(17-5)14-7-8;;;/h5-12H,13H2,1-4H3;4-9H,10H2,1-3H3;6-7H,1-5H3;3*1H4. The van der Waals surface area contributed by atoms with Crippen LogP contribution < -0.4 is 15.3 Å². The summed E-state index contributed by atoms with van der Waals surface area (Å²) in [4.78, 5) is 55.2. The minimum Gasteiger partial charge on any atom is -0.443 e. The Morgan fingerprint density at radius 3 is 1.42 bits per heavy atom. The van der Waals surface area contributed by atoms with Crippen LogP contribution in [0.15, 0.2) is 108 Å². The monoisotopic (exact) mass is 1240 g/mol. The van der Waals surface area contributed by atoms with Crippen molar-refractivity contribution < 1.29 is 28.4 Å². The number of thioether (sulfide) groups is 2. The Morgan fingerprint density at radius 1 is 0.605 bits per heavy atom. The van der Waals surface area contributed by atoms with Crippen LogP contribution in [-0.4, -0.2) is 103 Å². The fourth-order valence-corrected chi connectivity index (χ4v) is 8.89. The normalized spacial score (nSPS) is 13.3. The van der Waals surface area contributed by atoms with Crippen molar-refractivity contribution in [3.8, 4) is 11.3 Å². The van der Waals surface area contributed by atoms with Crippen molar-refractivity contribution in [2.75, 3.05) is 22.3 Å². The predicted molar refractivity (Wildman–Crippen MR) is 331 cm³/mol. The molecule has 0 spiro atoms. The van der Waals surface area contributed by atoms with Crippen LogP contribution in [0.3, 0.4) is 0 Å². The number of anilines is 2. The highest BCUT2D eigenvalue weighted by Crippen LogP contribution is 2.37. The first-order chi connectivity index (χ1) is 36.6. The maximum absolute atomic E-state index is 13.4. The molecule has 81 heavy (non-hydrogen) atoms. The Bertz CT molecular complexity index is 3400. The fraction of sp³-hybridized carbons (Fsp3) is 0.382. The molecule has 9 rings (SSSR count). The summed E-state index contributed by atoms with van der Waals surface area (Å²) in [5.41, 5.74) is 2.57. The lowest BCUT2D eigenvalue weighted by Gasteiger charge is -2.32. The molecule has 0 bridgehead atoms. The molecule has 8 aromatic rings. The fourth-order valence-electron chi connectivity index (χ4n) is 7.14. The molecule has 0 unspecified atom stereocenters. The number of carbonyl (C=O) groups excluding carboxylic acids is 2. The van der Waals surface area contributed by atoms with Crippen LogP contribution in [-0.2, 0) is 31.9 Å². The Balaban J connectivity index is 0.000000270. The van der Waals surface area contributed by atoms with Gasteiger partial charge in [-0.2, -0.15) is 19.2 Å². The van der Waals surface area contributed by atoms with Gasteiger partial charge < -0.3 is 18.8 Å². The van der Waals surface area contributed by atoms with E-state index in [1.807, 2.05) is 61.0 Å². The quantitative estimate of drug-likeness (QED) is 0.0543. The Labute approximate surface area is 508 Å². The third-order valence-corrected chi connectivity index (χ3v) is 14.1. The van der Waals surface area contributed by atoms with Crippen molar-refractivity contribution in [3.63, 3.8) is 0 Å². The molecular weight excluding hydrogens is 1180 g/mol. The second-order valence-corrected chi connectivity index (χ2v) is 23.9. The highest BCUT2D eigenvalue weighted by atomic mass is 35.5. The highest BCUT2D eigenvalue weighted by molar-refractivity contribution is 7.98. The van der Waals surface area contributed by atoms with Gasteiger partial charge in [0.25, 0.3) is 0 Å². The molecule has 18 nitrogen and oxygen atoms in total. The van der Waals surface area contributed by atoms with Gasteiger partial charge in [0.2, 0.25) is 0 Å². The zero-order valence-corrected chi connectivity index (χ0v) is 50.2. The second kappa shape index (κ2) is 28.2. The molecule has 1 fully saturated rings. The number of carbonyl (C=O) groups is 2. The average Bonchev–Trinajstić information content (AvgIpc) is 4.34. The molecule has 0 aliphatic carbocycles. The van der Waals surface area contributed by atoms with E-state index >= 15 is 0 Å². The molecular formula is C55H68BCl5N12O6S2. The number of aromatic nitrogens is 10. The number of amides is 2. The lowest BCUT2D eigenvalue weighted by Crippen LogP contribution is -2.41. The van der Waals surface area contributed by atoms with E-state index in [0.29, 0.717) is 70.6 Å². The van der Waals surface area contributed by atoms with Crippen LogP contribution in [0.1, 0.15) is 103 Å². The molecule has 1 saturated heterocycles. The van der Waals surface area contributed by atoms with Crippen molar-refractivity contribution in [2.24, 2.45) is 0 Å². The number of benzene rings is 2. The van der Waals surface area contributed by atoms with Gasteiger partial charge in [0.05, 0.1) is 42.4 Å². The van der Waals surface area contributed by atoms with Crippen molar-refractivity contribution in [1.29, 1.82) is 0 Å². The van der Waals surface area contributed by atoms with Gasteiger partial charge in [-0.3, -0.25) is 9.80 Å². The molecule has 26 heteroatoms. The Kier molecular flexibility index (Phi) is 23.7. The van der Waals surface area contributed by atoms with E-state index in [-0.39, 0.29) is 58.8 Å². The van der Waals surface area contributed by atoms with E-state index in [9.17, 15) is 9.59 Å². The number of rotatable bonds is 10. The number of hydrogen-bond donors (Lipinski definition) is 0. The summed E-state index contributed by atoms with van der Waals surface area (Å²) in [6, 6.07) is 17.0. The number of fused-ring (bicyclic) bond motifs is 2. The summed E-state index contributed by atoms with van der Waals surface area (Å²) in [6.07, 6.45) is 12.9. The summed E-state index contributed by atoms with van der Waals surface area (Å²) in [7, 11) is -0.379. The van der Waals surface area contributed by atoms with Gasteiger partial charge in [-0.15, -0.1) is 0 Å². The summed E-state index contributed by atoms with van der Waals surface area (Å²) < 4.78 is 26.2. The van der Waals surface area contributed by atoms with E-state index in [0.717, 1.165) is 10.6 Å². The first kappa shape index (κ1) is 68.0. The lowest BCUT2D eigenvalue weighted by atomic mass is 9.81. The molecule has 0 radical (unpaired) electrons. The molecule has 434 valence electrons. The maximum Gasteiger partial charge on any atom is 0.498 e. The third-order valence-electron chi connectivity index (χ3n) is 11.6. The van der Waals surface area contributed by atoms with Gasteiger partial charge in [-0.05, 0) is 117 Å². The average molecular weight is 1250 g/mol. The smallest absolute Gasteiger partial charge is 0.443 e. The molecule has 0 saturated carbocycles. The van der Waals surface area contributed by atoms with Gasteiger partial charge >= 0.3 is 19.3 Å². The van der Waals surface area contributed by atoms with Crippen LogP contribution in [0.4, 0.5) is 21.2 Å². The van der Waals surface area contributed by atoms with E-state index in [2.05, 4.69) is 40.1 Å². The van der Waals surface area contributed by atoms with E-state index in [1.165, 1.54) is 37.8 Å². The van der Waals surface area contributed by atoms with E-state index < -0.39 is 23.4 Å². The minimum atomic E-state index is -0.709. The van der Waals surface area contributed by atoms with Crippen LogP contribution in [0.2, 0.25) is 25.2 Å². The topological polar surface area (TPSA) is 189 Å². The largest absolute Gasteiger partial charge is 0.498 e. The maximum atomic E-state index is 13.4. The van der Waals surface area contributed by atoms with Crippen LogP contribution in [0, 0.1) is 0 Å². The third kappa shape index (κ3) is 17.5. The first-order valence-corrected chi connectivity index (χ1v) is 28.3. The van der Waals surface area contributed by atoms with Crippen molar-refractivity contribution >= 4 is 129 Å². The SMILES string of the molecule is C.C.C.CC(C)(C)OC(=O)N(Cc1ccc(Cl)cc1Cl)c1cc(Cl)nc2ccnn12.CSc1ncc(-c2cc(N(Cc3ccc(Cl)cc3Cl)C(=O)OC(C)(C)C)n3nccc3n2)cn1.CSc1ncc(B2OC(C)(C)C(C)(C)O2)cn1.